The summed E-state index contributed by atoms with van der Waals surface area (Å²) in [6.07, 6.45) is 4.36. The first-order valence-corrected chi connectivity index (χ1v) is 5.43. The maximum absolute atomic E-state index is 11.5. The Labute approximate surface area is 94.6 Å². The number of aryl methyl sites for hydroxylation is 1. The van der Waals surface area contributed by atoms with Crippen LogP contribution in [0.5, 0.6) is 0 Å². The van der Waals surface area contributed by atoms with E-state index in [0.717, 1.165) is 16.6 Å². The zero-order chi connectivity index (χ0) is 11.5. The first-order chi connectivity index (χ1) is 7.72. The van der Waals surface area contributed by atoms with Crippen molar-refractivity contribution in [1.82, 2.24) is 4.40 Å². The molecule has 0 aliphatic carbocycles. The molecule has 0 unspecified atom stereocenters. The van der Waals surface area contributed by atoms with Gasteiger partial charge in [-0.1, -0.05) is 6.07 Å². The summed E-state index contributed by atoms with van der Waals surface area (Å²) in [5, 5.41) is 0. The van der Waals surface area contributed by atoms with Gasteiger partial charge in [0.2, 0.25) is 0 Å². The lowest BCUT2D eigenvalue weighted by Crippen LogP contribution is -2.07. The smallest absolute Gasteiger partial charge is 0.310 e. The first-order valence-electron chi connectivity index (χ1n) is 5.43. The zero-order valence-electron chi connectivity index (χ0n) is 9.56. The summed E-state index contributed by atoms with van der Waals surface area (Å²) in [6.45, 7) is 4.27. The highest BCUT2D eigenvalue weighted by Gasteiger charge is 2.11. The minimum Gasteiger partial charge on any atom is -0.466 e. The van der Waals surface area contributed by atoms with E-state index in [0.29, 0.717) is 13.0 Å². The summed E-state index contributed by atoms with van der Waals surface area (Å²) >= 11 is 0. The predicted molar refractivity (Wildman–Crippen MR) is 62.5 cm³/mol. The number of rotatable bonds is 3. The molecule has 0 aliphatic heterocycles. The van der Waals surface area contributed by atoms with Crippen LogP contribution in [0.15, 0.2) is 30.6 Å². The third-order valence-corrected chi connectivity index (χ3v) is 2.63. The highest BCUT2D eigenvalue weighted by molar-refractivity contribution is 5.77. The van der Waals surface area contributed by atoms with Crippen molar-refractivity contribution in [3.8, 4) is 0 Å². The monoisotopic (exact) mass is 217 g/mol. The minimum atomic E-state index is -0.164. The molecule has 0 saturated heterocycles. The topological polar surface area (TPSA) is 30.7 Å². The molecule has 2 aromatic heterocycles. The van der Waals surface area contributed by atoms with Crippen molar-refractivity contribution >= 4 is 11.5 Å². The Hall–Kier alpha value is -1.77. The minimum absolute atomic E-state index is 0.164. The summed E-state index contributed by atoms with van der Waals surface area (Å²) < 4.78 is 7.00. The first kappa shape index (κ1) is 10.7. The molecule has 3 nitrogen and oxygen atoms in total. The van der Waals surface area contributed by atoms with E-state index in [1.54, 1.807) is 0 Å². The van der Waals surface area contributed by atoms with E-state index in [1.165, 1.54) is 0 Å². The fourth-order valence-electron chi connectivity index (χ4n) is 1.90. The summed E-state index contributed by atoms with van der Waals surface area (Å²) in [5.74, 6) is -0.164. The van der Waals surface area contributed by atoms with Gasteiger partial charge < -0.3 is 9.14 Å². The van der Waals surface area contributed by atoms with Gasteiger partial charge in [0.05, 0.1) is 13.0 Å². The quantitative estimate of drug-likeness (QED) is 0.739. The number of nitrogens with zero attached hydrogens (tertiary/aromatic N) is 1. The lowest BCUT2D eigenvalue weighted by atomic mass is 10.1. The maximum atomic E-state index is 11.5. The fraction of sp³-hybridized carbons (Fsp3) is 0.308. The van der Waals surface area contributed by atoms with Gasteiger partial charge in [-0.25, -0.2) is 0 Å². The molecule has 0 atom stereocenters. The van der Waals surface area contributed by atoms with Crippen molar-refractivity contribution in [2.24, 2.45) is 0 Å². The van der Waals surface area contributed by atoms with Crippen LogP contribution in [0, 0.1) is 6.92 Å². The Morgan fingerprint density at radius 1 is 1.44 bits per heavy atom. The summed E-state index contributed by atoms with van der Waals surface area (Å²) in [6, 6.07) is 5.96. The van der Waals surface area contributed by atoms with Gasteiger partial charge in [0.25, 0.3) is 0 Å². The maximum Gasteiger partial charge on any atom is 0.310 e. The van der Waals surface area contributed by atoms with Crippen molar-refractivity contribution < 1.29 is 9.53 Å². The lowest BCUT2D eigenvalue weighted by molar-refractivity contribution is -0.142. The van der Waals surface area contributed by atoms with Crippen LogP contribution in [-0.2, 0) is 16.0 Å². The van der Waals surface area contributed by atoms with E-state index >= 15 is 0 Å². The standard InChI is InChI=1S/C13H15NO2/c1-3-16-13(15)8-11-10(2)9-14-7-5-4-6-12(11)14/h4-7,9H,3,8H2,1-2H3. The molecule has 3 heteroatoms. The van der Waals surface area contributed by atoms with E-state index in [2.05, 4.69) is 0 Å². The number of carbonyl (C=O) groups is 1. The average Bonchev–Trinajstić information content (AvgIpc) is 2.56. The largest absolute Gasteiger partial charge is 0.466 e. The molecule has 2 aromatic rings. The number of fused-ring (bicyclic) bond motifs is 1. The van der Waals surface area contributed by atoms with E-state index in [9.17, 15) is 4.79 Å². The van der Waals surface area contributed by atoms with Crippen LogP contribution in [0.3, 0.4) is 0 Å². The van der Waals surface area contributed by atoms with Crippen LogP contribution in [0.25, 0.3) is 5.52 Å². The van der Waals surface area contributed by atoms with Crippen LogP contribution in [0.4, 0.5) is 0 Å². The Morgan fingerprint density at radius 3 is 3.00 bits per heavy atom. The van der Waals surface area contributed by atoms with Gasteiger partial charge >= 0.3 is 5.97 Å². The van der Waals surface area contributed by atoms with Crippen LogP contribution >= 0.6 is 0 Å². The molecule has 0 spiro atoms. The van der Waals surface area contributed by atoms with Gasteiger partial charge in [-0.05, 0) is 37.1 Å². The number of ether oxygens (including phenoxy) is 1. The second kappa shape index (κ2) is 4.39. The molecular formula is C13H15NO2. The highest BCUT2D eigenvalue weighted by Crippen LogP contribution is 2.18. The van der Waals surface area contributed by atoms with Gasteiger partial charge in [-0.2, -0.15) is 0 Å². The second-order valence-electron chi connectivity index (χ2n) is 3.77. The van der Waals surface area contributed by atoms with Crippen molar-refractivity contribution in [2.75, 3.05) is 6.61 Å². The van der Waals surface area contributed by atoms with E-state index < -0.39 is 0 Å². The molecule has 16 heavy (non-hydrogen) atoms. The Balaban J connectivity index is 2.36. The molecule has 2 rings (SSSR count). The van der Waals surface area contributed by atoms with Gasteiger partial charge in [0.15, 0.2) is 0 Å². The van der Waals surface area contributed by atoms with Crippen LogP contribution in [0.2, 0.25) is 0 Å². The predicted octanol–water partition coefficient (Wildman–Crippen LogP) is 2.35. The molecule has 0 bridgehead atoms. The molecule has 0 aromatic carbocycles. The average molecular weight is 217 g/mol. The molecule has 84 valence electrons. The molecular weight excluding hydrogens is 202 g/mol. The summed E-state index contributed by atoms with van der Waals surface area (Å²) in [5.41, 5.74) is 3.26. The van der Waals surface area contributed by atoms with E-state index in [4.69, 9.17) is 4.74 Å². The molecule has 0 fully saturated rings. The molecule has 0 radical (unpaired) electrons. The van der Waals surface area contributed by atoms with Crippen LogP contribution < -0.4 is 0 Å². The lowest BCUT2D eigenvalue weighted by Gasteiger charge is -2.02. The van der Waals surface area contributed by atoms with Crippen molar-refractivity contribution in [1.29, 1.82) is 0 Å². The van der Waals surface area contributed by atoms with Gasteiger partial charge in [0.1, 0.15) is 0 Å². The van der Waals surface area contributed by atoms with Crippen molar-refractivity contribution in [3.63, 3.8) is 0 Å². The molecule has 0 amide bonds. The molecule has 0 N–H and O–H groups in total. The van der Waals surface area contributed by atoms with Gasteiger partial charge in [-0.3, -0.25) is 4.79 Å². The van der Waals surface area contributed by atoms with Crippen molar-refractivity contribution in [3.05, 3.63) is 41.7 Å². The molecule has 2 heterocycles. The number of carbonyl (C=O) groups excluding carboxylic acids is 1. The number of hydrogen-bond acceptors (Lipinski definition) is 2. The number of pyridine rings is 1. The SMILES string of the molecule is CCOC(=O)Cc1c(C)cn2ccccc12. The molecule has 0 aliphatic rings. The Morgan fingerprint density at radius 2 is 2.25 bits per heavy atom. The number of aromatic nitrogens is 1. The zero-order valence-corrected chi connectivity index (χ0v) is 9.56. The van der Waals surface area contributed by atoms with Gasteiger partial charge in [0, 0.05) is 17.9 Å². The Kier molecular flexibility index (Phi) is 2.95. The second-order valence-corrected chi connectivity index (χ2v) is 3.77. The summed E-state index contributed by atoms with van der Waals surface area (Å²) in [4.78, 5) is 11.5. The summed E-state index contributed by atoms with van der Waals surface area (Å²) in [7, 11) is 0. The van der Waals surface area contributed by atoms with E-state index in [-0.39, 0.29) is 5.97 Å². The molecule has 0 saturated carbocycles. The number of hydrogen-bond donors (Lipinski definition) is 0. The highest BCUT2D eigenvalue weighted by atomic mass is 16.5. The normalized spacial score (nSPS) is 10.6. The van der Waals surface area contributed by atoms with Crippen LogP contribution in [-0.4, -0.2) is 17.0 Å². The fourth-order valence-corrected chi connectivity index (χ4v) is 1.90. The van der Waals surface area contributed by atoms with Crippen molar-refractivity contribution in [2.45, 2.75) is 20.3 Å². The number of esters is 1. The van der Waals surface area contributed by atoms with E-state index in [1.807, 2.05) is 48.8 Å². The van der Waals surface area contributed by atoms with Crippen LogP contribution in [0.1, 0.15) is 18.1 Å². The van der Waals surface area contributed by atoms with Gasteiger partial charge in [-0.15, -0.1) is 0 Å². The Bertz CT molecular complexity index is 514. The third kappa shape index (κ3) is 1.94. The third-order valence-electron chi connectivity index (χ3n) is 2.63.